The second-order valence-electron chi connectivity index (χ2n) is 5.65. The van der Waals surface area contributed by atoms with E-state index in [9.17, 15) is 14.7 Å². The molecule has 2 aromatic carbocycles. The minimum atomic E-state index is -1.15. The van der Waals surface area contributed by atoms with Crippen LogP contribution < -0.4 is 16.1 Å². The second-order valence-corrected chi connectivity index (χ2v) is 5.65. The van der Waals surface area contributed by atoms with E-state index < -0.39 is 6.23 Å². The number of benzene rings is 2. The number of nitrogens with one attached hydrogen (secondary N) is 3. The number of aliphatic hydroxyl groups excluding tert-OH is 1. The van der Waals surface area contributed by atoms with Crippen LogP contribution in [0.25, 0.3) is 0 Å². The standard InChI is InChI=1S/C18H21N3O4/c1-11(13-3-5-15(6-4-13)17(23)21-25)19-18(24)20-16-9-7-14(8-10-16)12(2)22/h3-11,17,21,23,25H,1-2H3,(H2,19,20,24). The summed E-state index contributed by atoms with van der Waals surface area (Å²) in [5.41, 5.74) is 4.27. The van der Waals surface area contributed by atoms with Crippen LogP contribution in [0.4, 0.5) is 10.5 Å². The molecular weight excluding hydrogens is 322 g/mol. The molecule has 0 saturated carbocycles. The van der Waals surface area contributed by atoms with Crippen LogP contribution in [0.5, 0.6) is 0 Å². The van der Waals surface area contributed by atoms with Crippen LogP contribution in [-0.4, -0.2) is 22.1 Å². The first-order valence-electron chi connectivity index (χ1n) is 7.76. The molecule has 0 radical (unpaired) electrons. The van der Waals surface area contributed by atoms with Crippen molar-refractivity contribution in [2.45, 2.75) is 26.1 Å². The van der Waals surface area contributed by atoms with Gasteiger partial charge in [-0.1, -0.05) is 24.3 Å². The lowest BCUT2D eigenvalue weighted by Crippen LogP contribution is -2.31. The Labute approximate surface area is 145 Å². The molecule has 2 atom stereocenters. The molecule has 7 heteroatoms. The predicted octanol–water partition coefficient (Wildman–Crippen LogP) is 2.74. The zero-order valence-electron chi connectivity index (χ0n) is 14.0. The van der Waals surface area contributed by atoms with E-state index in [0.29, 0.717) is 16.8 Å². The molecule has 0 aliphatic rings. The van der Waals surface area contributed by atoms with Gasteiger partial charge in [-0.3, -0.25) is 4.79 Å². The third kappa shape index (κ3) is 5.12. The van der Waals surface area contributed by atoms with E-state index in [0.717, 1.165) is 5.56 Å². The zero-order chi connectivity index (χ0) is 18.4. The number of rotatable bonds is 6. The van der Waals surface area contributed by atoms with Crippen LogP contribution in [0.15, 0.2) is 48.5 Å². The minimum Gasteiger partial charge on any atom is -0.372 e. The molecule has 2 rings (SSSR count). The summed E-state index contributed by atoms with van der Waals surface area (Å²) in [5, 5.41) is 23.7. The monoisotopic (exact) mass is 343 g/mol. The first kappa shape index (κ1) is 18.6. The van der Waals surface area contributed by atoms with Crippen LogP contribution in [0, 0.1) is 0 Å². The molecule has 2 amide bonds. The maximum atomic E-state index is 12.1. The largest absolute Gasteiger partial charge is 0.372 e. The summed E-state index contributed by atoms with van der Waals surface area (Å²) in [6, 6.07) is 12.8. The Morgan fingerprint density at radius 3 is 2.04 bits per heavy atom. The Bertz CT molecular complexity index is 729. The fourth-order valence-corrected chi connectivity index (χ4v) is 2.28. The maximum absolute atomic E-state index is 12.1. The number of carbonyl (C=O) groups excluding carboxylic acids is 2. The van der Waals surface area contributed by atoms with Gasteiger partial charge in [0.1, 0.15) is 0 Å². The van der Waals surface area contributed by atoms with E-state index in [-0.39, 0.29) is 17.9 Å². The molecule has 132 valence electrons. The van der Waals surface area contributed by atoms with Crippen molar-refractivity contribution < 1.29 is 19.9 Å². The van der Waals surface area contributed by atoms with Crippen LogP contribution in [0.1, 0.15) is 47.6 Å². The van der Waals surface area contributed by atoms with Gasteiger partial charge in [0.2, 0.25) is 0 Å². The number of Topliss-reactive ketones (excluding diaryl/α,β-unsaturated/α-hetero) is 1. The average Bonchev–Trinajstić information content (AvgIpc) is 2.61. The number of hydrogen-bond donors (Lipinski definition) is 5. The summed E-state index contributed by atoms with van der Waals surface area (Å²) < 4.78 is 0. The van der Waals surface area contributed by atoms with Crippen LogP contribution in [0.2, 0.25) is 0 Å². The SMILES string of the molecule is CC(=O)c1ccc(NC(=O)NC(C)c2ccc(C(O)NO)cc2)cc1. The third-order valence-electron chi connectivity index (χ3n) is 3.77. The number of aliphatic hydroxyl groups is 1. The van der Waals surface area contributed by atoms with Crippen molar-refractivity contribution in [3.63, 3.8) is 0 Å². The van der Waals surface area contributed by atoms with Gasteiger partial charge in [0, 0.05) is 11.3 Å². The molecule has 0 heterocycles. The molecule has 25 heavy (non-hydrogen) atoms. The summed E-state index contributed by atoms with van der Waals surface area (Å²) in [7, 11) is 0. The van der Waals surface area contributed by atoms with Crippen LogP contribution >= 0.6 is 0 Å². The van der Waals surface area contributed by atoms with Crippen LogP contribution in [0.3, 0.4) is 0 Å². The molecule has 5 N–H and O–H groups in total. The number of urea groups is 1. The van der Waals surface area contributed by atoms with E-state index in [4.69, 9.17) is 5.21 Å². The lowest BCUT2D eigenvalue weighted by Gasteiger charge is -2.16. The average molecular weight is 343 g/mol. The smallest absolute Gasteiger partial charge is 0.319 e. The fourth-order valence-electron chi connectivity index (χ4n) is 2.28. The summed E-state index contributed by atoms with van der Waals surface area (Å²) in [5.74, 6) is -0.0328. The van der Waals surface area contributed by atoms with E-state index in [2.05, 4.69) is 10.6 Å². The highest BCUT2D eigenvalue weighted by Crippen LogP contribution is 2.17. The summed E-state index contributed by atoms with van der Waals surface area (Å²) in [4.78, 5) is 23.3. The normalized spacial score (nSPS) is 13.0. The van der Waals surface area contributed by atoms with Gasteiger partial charge in [-0.25, -0.2) is 4.79 Å². The minimum absolute atomic E-state index is 0.0328. The van der Waals surface area contributed by atoms with Gasteiger partial charge in [0.15, 0.2) is 12.0 Å². The predicted molar refractivity (Wildman–Crippen MR) is 93.3 cm³/mol. The lowest BCUT2D eigenvalue weighted by atomic mass is 10.1. The Morgan fingerprint density at radius 1 is 0.960 bits per heavy atom. The molecule has 0 bridgehead atoms. The Morgan fingerprint density at radius 2 is 1.52 bits per heavy atom. The van der Waals surface area contributed by atoms with Gasteiger partial charge in [0.25, 0.3) is 0 Å². The highest BCUT2D eigenvalue weighted by molar-refractivity contribution is 5.95. The molecule has 0 aromatic heterocycles. The molecule has 0 aliphatic heterocycles. The number of anilines is 1. The molecule has 0 saturated heterocycles. The lowest BCUT2D eigenvalue weighted by molar-refractivity contribution is 0.000689. The maximum Gasteiger partial charge on any atom is 0.319 e. The number of hydroxylamine groups is 1. The highest BCUT2D eigenvalue weighted by Gasteiger charge is 2.11. The molecule has 2 unspecified atom stereocenters. The number of amides is 2. The second kappa shape index (κ2) is 8.39. The van der Waals surface area contributed by atoms with E-state index >= 15 is 0 Å². The topological polar surface area (TPSA) is 111 Å². The van der Waals surface area contributed by atoms with Gasteiger partial charge in [0.05, 0.1) is 6.04 Å². The van der Waals surface area contributed by atoms with Gasteiger partial charge < -0.3 is 20.9 Å². The van der Waals surface area contributed by atoms with Gasteiger partial charge in [-0.2, -0.15) is 5.48 Å². The van der Waals surface area contributed by atoms with Crippen molar-refractivity contribution in [2.75, 3.05) is 5.32 Å². The first-order valence-corrected chi connectivity index (χ1v) is 7.76. The third-order valence-corrected chi connectivity index (χ3v) is 3.77. The van der Waals surface area contributed by atoms with Crippen molar-refractivity contribution in [1.29, 1.82) is 0 Å². The van der Waals surface area contributed by atoms with Crippen molar-refractivity contribution in [1.82, 2.24) is 10.8 Å². The van der Waals surface area contributed by atoms with Crippen molar-refractivity contribution in [3.8, 4) is 0 Å². The van der Waals surface area contributed by atoms with Crippen molar-refractivity contribution in [3.05, 3.63) is 65.2 Å². The van der Waals surface area contributed by atoms with Crippen LogP contribution in [-0.2, 0) is 0 Å². The Balaban J connectivity index is 1.94. The van der Waals surface area contributed by atoms with Crippen molar-refractivity contribution >= 4 is 17.5 Å². The van der Waals surface area contributed by atoms with Crippen molar-refractivity contribution in [2.24, 2.45) is 0 Å². The number of carbonyl (C=O) groups is 2. The molecule has 0 aliphatic carbocycles. The fraction of sp³-hybridized carbons (Fsp3) is 0.222. The Kier molecular flexibility index (Phi) is 6.24. The van der Waals surface area contributed by atoms with Gasteiger partial charge >= 0.3 is 6.03 Å². The van der Waals surface area contributed by atoms with E-state index in [1.807, 2.05) is 6.92 Å². The molecular formula is C18H21N3O4. The zero-order valence-corrected chi connectivity index (χ0v) is 14.0. The molecule has 0 spiro atoms. The number of ketones is 1. The molecule has 0 fully saturated rings. The quantitative estimate of drug-likeness (QED) is 0.315. The van der Waals surface area contributed by atoms with E-state index in [1.54, 1.807) is 54.0 Å². The first-order chi connectivity index (χ1) is 11.9. The molecule has 2 aromatic rings. The summed E-state index contributed by atoms with van der Waals surface area (Å²) in [6.45, 7) is 3.31. The number of hydrogen-bond acceptors (Lipinski definition) is 5. The Hall–Kier alpha value is -2.74. The van der Waals surface area contributed by atoms with E-state index in [1.165, 1.54) is 6.92 Å². The van der Waals surface area contributed by atoms with Gasteiger partial charge in [-0.05, 0) is 49.2 Å². The molecule has 7 nitrogen and oxygen atoms in total. The highest BCUT2D eigenvalue weighted by atomic mass is 16.5. The summed E-state index contributed by atoms with van der Waals surface area (Å²) >= 11 is 0. The van der Waals surface area contributed by atoms with Gasteiger partial charge in [-0.15, -0.1) is 0 Å². The summed E-state index contributed by atoms with van der Waals surface area (Å²) in [6.07, 6.45) is -1.15.